The van der Waals surface area contributed by atoms with Gasteiger partial charge in [0.25, 0.3) is 5.91 Å². The second-order valence-corrected chi connectivity index (χ2v) is 5.87. The number of carbonyl (C=O) groups excluding carboxylic acids is 1. The van der Waals surface area contributed by atoms with Crippen molar-refractivity contribution in [2.45, 2.75) is 0 Å². The van der Waals surface area contributed by atoms with Gasteiger partial charge in [0.05, 0.1) is 16.6 Å². The average Bonchev–Trinajstić information content (AvgIpc) is 2.99. The van der Waals surface area contributed by atoms with Crippen molar-refractivity contribution in [3.05, 3.63) is 58.5 Å². The zero-order valence-corrected chi connectivity index (χ0v) is 13.7. The molecule has 1 aromatic heterocycles. The van der Waals surface area contributed by atoms with Crippen LogP contribution in [-0.2, 0) is 0 Å². The summed E-state index contributed by atoms with van der Waals surface area (Å²) >= 11 is 0. The first-order chi connectivity index (χ1) is 12.9. The highest BCUT2D eigenvalue weighted by molar-refractivity contribution is 6.06. The Morgan fingerprint density at radius 2 is 1.70 bits per heavy atom. The molecule has 9 nitrogen and oxygen atoms in total. The number of benzene rings is 3. The standard InChI is InChI=1S/C18H13N5O4/c19-17(26)10-5-8-3-1-2-4-9(8)15(16(10)25)23-22-13-6-11-12(7-14(13)24)21-18(27)20-11/h1-7,24-25H,(H2,19,26)(H2,20,21,27). The van der Waals surface area contributed by atoms with Crippen molar-refractivity contribution < 1.29 is 15.0 Å². The fourth-order valence-electron chi connectivity index (χ4n) is 2.85. The third kappa shape index (κ3) is 2.76. The summed E-state index contributed by atoms with van der Waals surface area (Å²) in [5.74, 6) is -1.42. The number of phenolic OH excluding ortho intramolecular Hbond substituents is 1. The van der Waals surface area contributed by atoms with Crippen LogP contribution < -0.4 is 11.4 Å². The lowest BCUT2D eigenvalue weighted by molar-refractivity contribution is 0.0998. The van der Waals surface area contributed by atoms with Crippen LogP contribution in [0.15, 0.2) is 57.5 Å². The molecule has 0 unspecified atom stereocenters. The lowest BCUT2D eigenvalue weighted by Crippen LogP contribution is -2.11. The van der Waals surface area contributed by atoms with Gasteiger partial charge in [-0.25, -0.2) is 4.79 Å². The van der Waals surface area contributed by atoms with E-state index in [0.29, 0.717) is 21.8 Å². The van der Waals surface area contributed by atoms with Gasteiger partial charge in [-0.2, -0.15) is 0 Å². The lowest BCUT2D eigenvalue weighted by Gasteiger charge is -2.08. The zero-order valence-electron chi connectivity index (χ0n) is 13.7. The Hall–Kier alpha value is -4.14. The average molecular weight is 363 g/mol. The minimum atomic E-state index is -0.802. The fraction of sp³-hybridized carbons (Fsp3) is 0. The van der Waals surface area contributed by atoms with Crippen molar-refractivity contribution in [3.63, 3.8) is 0 Å². The van der Waals surface area contributed by atoms with Crippen molar-refractivity contribution in [2.24, 2.45) is 16.0 Å². The number of primary amides is 1. The second kappa shape index (κ2) is 5.99. The van der Waals surface area contributed by atoms with E-state index in [0.717, 1.165) is 0 Å². The molecule has 4 rings (SSSR count). The van der Waals surface area contributed by atoms with Crippen LogP contribution in [0.2, 0.25) is 0 Å². The number of nitrogens with two attached hydrogens (primary N) is 1. The quantitative estimate of drug-likeness (QED) is 0.355. The van der Waals surface area contributed by atoms with E-state index >= 15 is 0 Å². The summed E-state index contributed by atoms with van der Waals surface area (Å²) in [7, 11) is 0. The number of H-pyrrole nitrogens is 2. The maximum Gasteiger partial charge on any atom is 0.323 e. The summed E-state index contributed by atoms with van der Waals surface area (Å²) in [5.41, 5.74) is 5.79. The number of fused-ring (bicyclic) bond motifs is 2. The predicted molar refractivity (Wildman–Crippen MR) is 98.9 cm³/mol. The van der Waals surface area contributed by atoms with Crippen LogP contribution in [0, 0.1) is 0 Å². The molecule has 0 fully saturated rings. The highest BCUT2D eigenvalue weighted by atomic mass is 16.3. The number of azo groups is 1. The molecule has 134 valence electrons. The molecular formula is C18H13N5O4. The van der Waals surface area contributed by atoms with E-state index in [1.807, 2.05) is 0 Å². The summed E-state index contributed by atoms with van der Waals surface area (Å²) in [4.78, 5) is 28.0. The lowest BCUT2D eigenvalue weighted by atomic mass is 10.0. The maximum absolute atomic E-state index is 11.6. The number of aromatic nitrogens is 2. The highest BCUT2D eigenvalue weighted by Gasteiger charge is 2.16. The monoisotopic (exact) mass is 363 g/mol. The number of hydrogen-bond donors (Lipinski definition) is 5. The molecule has 0 aliphatic rings. The first-order valence-corrected chi connectivity index (χ1v) is 7.85. The Morgan fingerprint density at radius 1 is 1.00 bits per heavy atom. The van der Waals surface area contributed by atoms with Crippen LogP contribution >= 0.6 is 0 Å². The summed E-state index contributed by atoms with van der Waals surface area (Å²) in [6.45, 7) is 0. The number of nitrogens with one attached hydrogen (secondary N) is 2. The number of amides is 1. The van der Waals surface area contributed by atoms with E-state index in [4.69, 9.17) is 5.73 Å². The molecule has 6 N–H and O–H groups in total. The van der Waals surface area contributed by atoms with Gasteiger partial charge in [-0.15, -0.1) is 10.2 Å². The molecule has 0 radical (unpaired) electrons. The van der Waals surface area contributed by atoms with E-state index in [9.17, 15) is 19.8 Å². The second-order valence-electron chi connectivity index (χ2n) is 5.87. The number of phenols is 2. The molecule has 1 amide bonds. The number of imidazole rings is 1. The van der Waals surface area contributed by atoms with Gasteiger partial charge in [0, 0.05) is 11.5 Å². The molecule has 0 aliphatic carbocycles. The first kappa shape index (κ1) is 16.3. The van der Waals surface area contributed by atoms with E-state index in [2.05, 4.69) is 20.2 Å². The predicted octanol–water partition coefficient (Wildman–Crippen LogP) is 2.93. The summed E-state index contributed by atoms with van der Waals surface area (Å²) in [6.07, 6.45) is 0. The maximum atomic E-state index is 11.6. The van der Waals surface area contributed by atoms with Crippen molar-refractivity contribution in [1.82, 2.24) is 9.97 Å². The Labute approximate surface area is 150 Å². The largest absolute Gasteiger partial charge is 0.506 e. The van der Waals surface area contributed by atoms with Gasteiger partial charge in [0.2, 0.25) is 0 Å². The van der Waals surface area contributed by atoms with E-state index in [-0.39, 0.29) is 22.7 Å². The van der Waals surface area contributed by atoms with Crippen LogP contribution in [0.5, 0.6) is 11.5 Å². The van der Waals surface area contributed by atoms with Crippen LogP contribution in [0.3, 0.4) is 0 Å². The molecule has 1 heterocycles. The smallest absolute Gasteiger partial charge is 0.323 e. The third-order valence-corrected chi connectivity index (χ3v) is 4.13. The van der Waals surface area contributed by atoms with Gasteiger partial charge in [-0.05, 0) is 17.5 Å². The fourth-order valence-corrected chi connectivity index (χ4v) is 2.85. The number of aromatic amines is 2. The van der Waals surface area contributed by atoms with Crippen LogP contribution in [0.25, 0.3) is 21.8 Å². The van der Waals surface area contributed by atoms with Gasteiger partial charge in [-0.1, -0.05) is 24.3 Å². The Balaban J connectivity index is 1.90. The van der Waals surface area contributed by atoms with Crippen molar-refractivity contribution in [2.75, 3.05) is 0 Å². The van der Waals surface area contributed by atoms with Crippen LogP contribution in [0.1, 0.15) is 10.4 Å². The molecule has 3 aromatic carbocycles. The van der Waals surface area contributed by atoms with Gasteiger partial charge < -0.3 is 25.9 Å². The normalized spacial score (nSPS) is 11.6. The molecular weight excluding hydrogens is 350 g/mol. The number of aromatic hydroxyl groups is 2. The van der Waals surface area contributed by atoms with E-state index < -0.39 is 17.3 Å². The summed E-state index contributed by atoms with van der Waals surface area (Å²) in [5, 5.41) is 29.7. The van der Waals surface area contributed by atoms with Crippen LogP contribution in [-0.4, -0.2) is 26.1 Å². The van der Waals surface area contributed by atoms with Gasteiger partial charge in [0.1, 0.15) is 17.1 Å². The summed E-state index contributed by atoms with van der Waals surface area (Å²) < 4.78 is 0. The van der Waals surface area contributed by atoms with Gasteiger partial charge in [-0.3, -0.25) is 4.79 Å². The molecule has 27 heavy (non-hydrogen) atoms. The minimum Gasteiger partial charge on any atom is -0.506 e. The van der Waals surface area contributed by atoms with Gasteiger partial charge in [0.15, 0.2) is 5.75 Å². The molecule has 4 aromatic rings. The van der Waals surface area contributed by atoms with Crippen molar-refractivity contribution in [3.8, 4) is 11.5 Å². The molecule has 0 saturated heterocycles. The van der Waals surface area contributed by atoms with Crippen molar-refractivity contribution in [1.29, 1.82) is 0 Å². The molecule has 0 saturated carbocycles. The molecule has 0 spiro atoms. The third-order valence-electron chi connectivity index (χ3n) is 4.13. The van der Waals surface area contributed by atoms with E-state index in [1.165, 1.54) is 18.2 Å². The summed E-state index contributed by atoms with van der Waals surface area (Å²) in [6, 6.07) is 11.2. The molecule has 0 atom stereocenters. The zero-order chi connectivity index (χ0) is 19.1. The molecule has 9 heteroatoms. The highest BCUT2D eigenvalue weighted by Crippen LogP contribution is 2.40. The van der Waals surface area contributed by atoms with Crippen LogP contribution in [0.4, 0.5) is 11.4 Å². The molecule has 0 aliphatic heterocycles. The number of hydrogen-bond acceptors (Lipinski definition) is 6. The topological polar surface area (TPSA) is 157 Å². The van der Waals surface area contributed by atoms with Gasteiger partial charge >= 0.3 is 5.69 Å². The number of carbonyl (C=O) groups is 1. The SMILES string of the molecule is NC(=O)c1cc2ccccc2c(N=Nc2cc3[nH]c(=O)[nH]c3cc2O)c1O. The van der Waals surface area contributed by atoms with E-state index in [1.54, 1.807) is 24.3 Å². The Kier molecular flexibility index (Phi) is 3.62. The number of nitrogens with zero attached hydrogens (tertiary/aromatic N) is 2. The molecule has 0 bridgehead atoms. The Morgan fingerprint density at radius 3 is 2.44 bits per heavy atom. The minimum absolute atomic E-state index is 0.0453. The van der Waals surface area contributed by atoms with Crippen molar-refractivity contribution >= 4 is 39.1 Å². The number of rotatable bonds is 3. The Bertz CT molecular complexity index is 1300. The first-order valence-electron chi connectivity index (χ1n) is 7.85.